The molecule has 0 bridgehead atoms. The maximum absolute atomic E-state index is 13.1. The summed E-state index contributed by atoms with van der Waals surface area (Å²) in [6.45, 7) is 1.93. The highest BCUT2D eigenvalue weighted by Crippen LogP contribution is 2.29. The number of benzene rings is 2. The van der Waals surface area contributed by atoms with Gasteiger partial charge in [0.2, 0.25) is 0 Å². The van der Waals surface area contributed by atoms with Crippen LogP contribution in [0, 0.1) is 11.6 Å². The summed E-state index contributed by atoms with van der Waals surface area (Å²) in [6, 6.07) is 11.1. The van der Waals surface area contributed by atoms with Crippen molar-refractivity contribution in [2.45, 2.75) is 13.3 Å². The lowest BCUT2D eigenvalue weighted by Gasteiger charge is -2.08. The van der Waals surface area contributed by atoms with Crippen LogP contribution in [0.15, 0.2) is 48.5 Å². The SMILES string of the molecule is CCc1[nH]nc(-c2ccc(F)cc2)c1NC(=O)c1ccc(F)cc1. The summed E-state index contributed by atoms with van der Waals surface area (Å²) in [5.41, 5.74) is 2.84. The molecule has 0 unspecified atom stereocenters. The van der Waals surface area contributed by atoms with Gasteiger partial charge in [-0.2, -0.15) is 5.10 Å². The molecule has 0 aliphatic rings. The molecule has 1 heterocycles. The van der Waals surface area contributed by atoms with Crippen molar-refractivity contribution >= 4 is 11.6 Å². The van der Waals surface area contributed by atoms with Crippen LogP contribution in [0.5, 0.6) is 0 Å². The van der Waals surface area contributed by atoms with Gasteiger partial charge in [-0.25, -0.2) is 8.78 Å². The molecule has 24 heavy (non-hydrogen) atoms. The number of hydrogen-bond acceptors (Lipinski definition) is 2. The zero-order valence-electron chi connectivity index (χ0n) is 12.9. The second-order valence-corrected chi connectivity index (χ2v) is 5.25. The van der Waals surface area contributed by atoms with Crippen LogP contribution in [-0.2, 0) is 6.42 Å². The highest BCUT2D eigenvalue weighted by molar-refractivity contribution is 6.06. The highest BCUT2D eigenvalue weighted by atomic mass is 19.1. The van der Waals surface area contributed by atoms with E-state index in [-0.39, 0.29) is 11.7 Å². The number of amides is 1. The van der Waals surface area contributed by atoms with Gasteiger partial charge in [-0.15, -0.1) is 0 Å². The summed E-state index contributed by atoms with van der Waals surface area (Å²) >= 11 is 0. The minimum absolute atomic E-state index is 0.338. The number of rotatable bonds is 4. The molecule has 0 aliphatic carbocycles. The van der Waals surface area contributed by atoms with Crippen LogP contribution in [0.3, 0.4) is 0 Å². The Morgan fingerprint density at radius 1 is 1.04 bits per heavy atom. The van der Waals surface area contributed by atoms with E-state index in [4.69, 9.17) is 0 Å². The number of anilines is 1. The van der Waals surface area contributed by atoms with Crippen LogP contribution in [0.4, 0.5) is 14.5 Å². The summed E-state index contributed by atoms with van der Waals surface area (Å²) in [4.78, 5) is 12.4. The molecule has 122 valence electrons. The molecule has 0 spiro atoms. The van der Waals surface area contributed by atoms with Crippen LogP contribution in [0.1, 0.15) is 23.0 Å². The van der Waals surface area contributed by atoms with Crippen LogP contribution < -0.4 is 5.32 Å². The standard InChI is InChI=1S/C18H15F2N3O/c1-2-15-17(21-18(24)12-5-9-14(20)10-6-12)16(23-22-15)11-3-7-13(19)8-4-11/h3-10H,2H2,1H3,(H,21,24)(H,22,23). The first-order chi connectivity index (χ1) is 11.6. The Kier molecular flexibility index (Phi) is 4.37. The molecule has 2 aromatic carbocycles. The molecule has 3 aromatic rings. The van der Waals surface area contributed by atoms with Crippen molar-refractivity contribution in [1.29, 1.82) is 0 Å². The van der Waals surface area contributed by atoms with Crippen molar-refractivity contribution in [2.24, 2.45) is 0 Å². The van der Waals surface area contributed by atoms with Gasteiger partial charge in [0, 0.05) is 11.1 Å². The number of H-pyrrole nitrogens is 1. The quantitative estimate of drug-likeness (QED) is 0.755. The normalized spacial score (nSPS) is 10.6. The minimum Gasteiger partial charge on any atom is -0.319 e. The summed E-state index contributed by atoms with van der Waals surface area (Å²) in [6.07, 6.45) is 0.632. The number of nitrogens with one attached hydrogen (secondary N) is 2. The van der Waals surface area contributed by atoms with E-state index in [0.717, 1.165) is 5.69 Å². The van der Waals surface area contributed by atoms with E-state index in [1.807, 2.05) is 6.92 Å². The van der Waals surface area contributed by atoms with Crippen molar-refractivity contribution in [2.75, 3.05) is 5.32 Å². The molecule has 0 saturated heterocycles. The van der Waals surface area contributed by atoms with E-state index in [2.05, 4.69) is 15.5 Å². The van der Waals surface area contributed by atoms with Crippen LogP contribution in [0.25, 0.3) is 11.3 Å². The topological polar surface area (TPSA) is 57.8 Å². The van der Waals surface area contributed by atoms with Gasteiger partial charge < -0.3 is 5.32 Å². The van der Waals surface area contributed by atoms with Crippen molar-refractivity contribution in [3.63, 3.8) is 0 Å². The van der Waals surface area contributed by atoms with E-state index in [1.165, 1.54) is 36.4 Å². The Hall–Kier alpha value is -3.02. The fourth-order valence-corrected chi connectivity index (χ4v) is 2.37. The van der Waals surface area contributed by atoms with Crippen LogP contribution >= 0.6 is 0 Å². The molecule has 1 aromatic heterocycles. The Balaban J connectivity index is 1.94. The molecule has 6 heteroatoms. The number of carbonyl (C=O) groups is 1. The first kappa shape index (κ1) is 15.9. The summed E-state index contributed by atoms with van der Waals surface area (Å²) < 4.78 is 26.1. The van der Waals surface area contributed by atoms with Gasteiger partial charge in [0.25, 0.3) is 5.91 Å². The Bertz CT molecular complexity index is 855. The maximum atomic E-state index is 13.1. The monoisotopic (exact) mass is 327 g/mol. The van der Waals surface area contributed by atoms with Gasteiger partial charge in [0.05, 0.1) is 11.4 Å². The molecule has 0 atom stereocenters. The minimum atomic E-state index is -0.406. The largest absolute Gasteiger partial charge is 0.319 e. The summed E-state index contributed by atoms with van der Waals surface area (Å²) in [5.74, 6) is -1.12. The molecule has 2 N–H and O–H groups in total. The number of halogens is 2. The molecule has 0 fully saturated rings. The lowest BCUT2D eigenvalue weighted by Crippen LogP contribution is -2.13. The van der Waals surface area contributed by atoms with Gasteiger partial charge >= 0.3 is 0 Å². The molecule has 3 rings (SSSR count). The van der Waals surface area contributed by atoms with Crippen LogP contribution in [-0.4, -0.2) is 16.1 Å². The first-order valence-corrected chi connectivity index (χ1v) is 7.48. The third kappa shape index (κ3) is 3.17. The molecule has 0 radical (unpaired) electrons. The molecular weight excluding hydrogens is 312 g/mol. The van der Waals surface area contributed by atoms with Gasteiger partial charge in [-0.3, -0.25) is 9.89 Å². The number of nitrogens with zero attached hydrogens (tertiary/aromatic N) is 1. The second kappa shape index (κ2) is 6.62. The molecule has 1 amide bonds. The van der Waals surface area contributed by atoms with Crippen LogP contribution in [0.2, 0.25) is 0 Å². The van der Waals surface area contributed by atoms with E-state index in [9.17, 15) is 13.6 Å². The Labute approximate surface area is 137 Å². The number of aryl methyl sites for hydroxylation is 1. The van der Waals surface area contributed by atoms with E-state index >= 15 is 0 Å². The summed E-state index contributed by atoms with van der Waals surface area (Å²) in [5, 5.41) is 9.92. The number of aromatic amines is 1. The van der Waals surface area contributed by atoms with Gasteiger partial charge in [0.1, 0.15) is 17.3 Å². The molecule has 0 saturated carbocycles. The number of aromatic nitrogens is 2. The van der Waals surface area contributed by atoms with E-state index < -0.39 is 5.82 Å². The predicted octanol–water partition coefficient (Wildman–Crippen LogP) is 4.17. The second-order valence-electron chi connectivity index (χ2n) is 5.25. The lowest BCUT2D eigenvalue weighted by molar-refractivity contribution is 0.102. The Morgan fingerprint density at radius 3 is 2.21 bits per heavy atom. The number of carbonyl (C=O) groups excluding carboxylic acids is 1. The average molecular weight is 327 g/mol. The van der Waals surface area contributed by atoms with Gasteiger partial charge in [0.15, 0.2) is 0 Å². The summed E-state index contributed by atoms with van der Waals surface area (Å²) in [7, 11) is 0. The van der Waals surface area contributed by atoms with E-state index in [1.54, 1.807) is 12.1 Å². The Morgan fingerprint density at radius 2 is 1.62 bits per heavy atom. The third-order valence-electron chi connectivity index (χ3n) is 3.66. The van der Waals surface area contributed by atoms with Gasteiger partial charge in [-0.05, 0) is 55.0 Å². The fraction of sp³-hybridized carbons (Fsp3) is 0.111. The lowest BCUT2D eigenvalue weighted by atomic mass is 10.1. The first-order valence-electron chi connectivity index (χ1n) is 7.48. The predicted molar refractivity (Wildman–Crippen MR) is 87.7 cm³/mol. The smallest absolute Gasteiger partial charge is 0.255 e. The van der Waals surface area contributed by atoms with Crippen molar-refractivity contribution in [3.05, 3.63) is 71.4 Å². The third-order valence-corrected chi connectivity index (χ3v) is 3.66. The zero-order chi connectivity index (χ0) is 17.1. The molecule has 0 aliphatic heterocycles. The molecule has 4 nitrogen and oxygen atoms in total. The van der Waals surface area contributed by atoms with Crippen molar-refractivity contribution in [1.82, 2.24) is 10.2 Å². The van der Waals surface area contributed by atoms with E-state index in [0.29, 0.717) is 28.9 Å². The highest BCUT2D eigenvalue weighted by Gasteiger charge is 2.17. The maximum Gasteiger partial charge on any atom is 0.255 e. The average Bonchev–Trinajstić information content (AvgIpc) is 2.98. The zero-order valence-corrected chi connectivity index (χ0v) is 12.9. The fourth-order valence-electron chi connectivity index (χ4n) is 2.37. The van der Waals surface area contributed by atoms with Gasteiger partial charge in [-0.1, -0.05) is 6.92 Å². The van der Waals surface area contributed by atoms with Crippen molar-refractivity contribution in [3.8, 4) is 11.3 Å². The van der Waals surface area contributed by atoms with Crippen molar-refractivity contribution < 1.29 is 13.6 Å². The number of hydrogen-bond donors (Lipinski definition) is 2. The molecular formula is C18H15F2N3O.